The predicted octanol–water partition coefficient (Wildman–Crippen LogP) is 1.88. The van der Waals surface area contributed by atoms with Gasteiger partial charge in [-0.3, -0.25) is 0 Å². The summed E-state index contributed by atoms with van der Waals surface area (Å²) >= 11 is 3.61. The van der Waals surface area contributed by atoms with Crippen LogP contribution in [0.2, 0.25) is 0 Å². The Bertz CT molecular complexity index is 117. The summed E-state index contributed by atoms with van der Waals surface area (Å²) in [6.45, 7) is 1.80. The van der Waals surface area contributed by atoms with E-state index in [2.05, 4.69) is 40.3 Å². The standard InChI is InChI=1S/C5H13NOS2/c1-5(7-8)6-9(2,3)4/h8H,1-4H3. The molecular formula is C5H13NOS2. The Labute approximate surface area is 63.8 Å². The van der Waals surface area contributed by atoms with Gasteiger partial charge in [-0.15, -0.1) is 0 Å². The molecule has 0 heterocycles. The van der Waals surface area contributed by atoms with Gasteiger partial charge in [0.15, 0.2) is 0 Å². The van der Waals surface area contributed by atoms with Crippen molar-refractivity contribution in [2.24, 2.45) is 4.40 Å². The van der Waals surface area contributed by atoms with Crippen molar-refractivity contribution in [2.45, 2.75) is 6.92 Å². The van der Waals surface area contributed by atoms with Crippen LogP contribution in [0.1, 0.15) is 6.92 Å². The molecule has 9 heavy (non-hydrogen) atoms. The molecule has 4 heteroatoms. The summed E-state index contributed by atoms with van der Waals surface area (Å²) in [6, 6.07) is 0. The Morgan fingerprint density at radius 3 is 2.00 bits per heavy atom. The molecule has 2 nitrogen and oxygen atoms in total. The molecule has 0 saturated carbocycles. The molecule has 56 valence electrons. The lowest BCUT2D eigenvalue weighted by atomic mass is 10.8. The summed E-state index contributed by atoms with van der Waals surface area (Å²) < 4.78 is 8.82. The molecule has 0 radical (unpaired) electrons. The van der Waals surface area contributed by atoms with Gasteiger partial charge in [-0.1, -0.05) is 0 Å². The van der Waals surface area contributed by atoms with Crippen molar-refractivity contribution in [3.8, 4) is 0 Å². The van der Waals surface area contributed by atoms with E-state index in [1.165, 1.54) is 0 Å². The minimum absolute atomic E-state index is 0.640. The quantitative estimate of drug-likeness (QED) is 0.274. The fraction of sp³-hybridized carbons (Fsp3) is 0.800. The zero-order valence-electron chi connectivity index (χ0n) is 6.21. The van der Waals surface area contributed by atoms with Gasteiger partial charge < -0.3 is 4.18 Å². The van der Waals surface area contributed by atoms with Crippen molar-refractivity contribution in [3.05, 3.63) is 0 Å². The number of nitrogens with zero attached hydrogens (tertiary/aromatic N) is 1. The molecule has 0 atom stereocenters. The first kappa shape index (κ1) is 9.17. The molecule has 0 saturated heterocycles. The van der Waals surface area contributed by atoms with Gasteiger partial charge in [-0.05, 0) is 18.8 Å². The van der Waals surface area contributed by atoms with E-state index in [9.17, 15) is 0 Å². The van der Waals surface area contributed by atoms with E-state index in [1.54, 1.807) is 6.92 Å². The van der Waals surface area contributed by atoms with Crippen LogP contribution in [0, 0.1) is 0 Å². The van der Waals surface area contributed by atoms with Gasteiger partial charge in [-0.25, -0.2) is 4.40 Å². The SMILES string of the molecule is CC(=NS(C)(C)C)OS. The van der Waals surface area contributed by atoms with Gasteiger partial charge in [0.2, 0.25) is 5.90 Å². The van der Waals surface area contributed by atoms with Crippen LogP contribution in [0.25, 0.3) is 0 Å². The van der Waals surface area contributed by atoms with Crippen molar-refractivity contribution in [1.29, 1.82) is 0 Å². The molecule has 0 amide bonds. The third kappa shape index (κ3) is 6.05. The summed E-state index contributed by atoms with van der Waals surface area (Å²) in [4.78, 5) is 0. The second kappa shape index (κ2) is 3.37. The maximum atomic E-state index is 4.59. The second-order valence-electron chi connectivity index (χ2n) is 2.47. The normalized spacial score (nSPS) is 15.4. The van der Waals surface area contributed by atoms with Crippen LogP contribution in [0.3, 0.4) is 0 Å². The third-order valence-corrected chi connectivity index (χ3v) is 1.60. The van der Waals surface area contributed by atoms with E-state index in [4.69, 9.17) is 0 Å². The largest absolute Gasteiger partial charge is 0.413 e. The van der Waals surface area contributed by atoms with Crippen molar-refractivity contribution in [1.82, 2.24) is 0 Å². The van der Waals surface area contributed by atoms with E-state index in [-0.39, 0.29) is 0 Å². The van der Waals surface area contributed by atoms with Gasteiger partial charge in [0.05, 0.1) is 0 Å². The van der Waals surface area contributed by atoms with Crippen molar-refractivity contribution in [2.75, 3.05) is 18.8 Å². The molecule has 0 rings (SSSR count). The van der Waals surface area contributed by atoms with Crippen molar-refractivity contribution in [3.63, 3.8) is 0 Å². The number of thiol groups is 1. The summed E-state index contributed by atoms with van der Waals surface area (Å²) in [5.41, 5.74) is 0. The highest BCUT2D eigenvalue weighted by atomic mass is 32.3. The van der Waals surface area contributed by atoms with Crippen LogP contribution >= 0.6 is 23.1 Å². The van der Waals surface area contributed by atoms with Gasteiger partial charge in [-0.2, -0.15) is 10.2 Å². The summed E-state index contributed by atoms with van der Waals surface area (Å²) in [6.07, 6.45) is 6.26. The highest BCUT2D eigenvalue weighted by Gasteiger charge is 2.00. The van der Waals surface area contributed by atoms with E-state index in [0.29, 0.717) is 5.90 Å². The highest BCUT2D eigenvalue weighted by Crippen LogP contribution is 2.36. The average molecular weight is 167 g/mol. The smallest absolute Gasteiger partial charge is 0.205 e. The molecule has 0 aliphatic heterocycles. The first-order valence-corrected chi connectivity index (χ1v) is 5.70. The number of rotatable bonds is 1. The zero-order valence-corrected chi connectivity index (χ0v) is 7.92. The lowest BCUT2D eigenvalue weighted by Gasteiger charge is -2.18. The molecule has 0 unspecified atom stereocenters. The van der Waals surface area contributed by atoms with Gasteiger partial charge in [0.1, 0.15) is 0 Å². The second-order valence-corrected chi connectivity index (χ2v) is 6.38. The first-order valence-electron chi connectivity index (χ1n) is 2.52. The lowest BCUT2D eigenvalue weighted by molar-refractivity contribution is 0.655. The summed E-state index contributed by atoms with van der Waals surface area (Å²) in [7, 11) is -0.821. The van der Waals surface area contributed by atoms with E-state index < -0.39 is 10.2 Å². The predicted molar refractivity (Wildman–Crippen MR) is 48.5 cm³/mol. The fourth-order valence-electron chi connectivity index (χ4n) is 0.402. The van der Waals surface area contributed by atoms with Crippen LogP contribution in [0.15, 0.2) is 4.40 Å². The third-order valence-electron chi connectivity index (χ3n) is 0.535. The van der Waals surface area contributed by atoms with E-state index in [0.717, 1.165) is 0 Å². The molecule has 0 aliphatic rings. The molecule has 0 N–H and O–H groups in total. The molecule has 0 aromatic rings. The minimum Gasteiger partial charge on any atom is -0.413 e. The highest BCUT2D eigenvalue weighted by molar-refractivity contribution is 8.31. The van der Waals surface area contributed by atoms with Crippen LogP contribution in [0.4, 0.5) is 0 Å². The molecule has 0 bridgehead atoms. The Balaban J connectivity index is 3.95. The summed E-state index contributed by atoms with van der Waals surface area (Å²) in [5, 5.41) is 0. The van der Waals surface area contributed by atoms with E-state index in [1.807, 2.05) is 0 Å². The Kier molecular flexibility index (Phi) is 3.43. The Morgan fingerprint density at radius 1 is 1.44 bits per heavy atom. The lowest BCUT2D eigenvalue weighted by Crippen LogP contribution is -1.94. The average Bonchev–Trinajstić information content (AvgIpc) is 1.62. The molecular weight excluding hydrogens is 154 g/mol. The van der Waals surface area contributed by atoms with Gasteiger partial charge in [0.25, 0.3) is 0 Å². The van der Waals surface area contributed by atoms with Gasteiger partial charge in [0, 0.05) is 19.8 Å². The van der Waals surface area contributed by atoms with Crippen molar-refractivity contribution < 1.29 is 4.18 Å². The minimum atomic E-state index is -0.821. The molecule has 0 spiro atoms. The monoisotopic (exact) mass is 167 g/mol. The molecule has 0 aromatic heterocycles. The molecule has 0 aliphatic carbocycles. The molecule has 0 fully saturated rings. The van der Waals surface area contributed by atoms with Crippen molar-refractivity contribution >= 4 is 29.0 Å². The molecule has 0 aromatic carbocycles. The van der Waals surface area contributed by atoms with Gasteiger partial charge >= 0.3 is 0 Å². The van der Waals surface area contributed by atoms with Crippen LogP contribution < -0.4 is 0 Å². The Hall–Kier alpha value is 0.170. The number of hydrogen-bond donors (Lipinski definition) is 1. The fourth-order valence-corrected chi connectivity index (χ4v) is 1.31. The topological polar surface area (TPSA) is 21.6 Å². The number of hydrogen-bond acceptors (Lipinski definition) is 3. The summed E-state index contributed by atoms with van der Waals surface area (Å²) in [5.74, 6) is 0.640. The van der Waals surface area contributed by atoms with Crippen LogP contribution in [-0.2, 0) is 4.18 Å². The Morgan fingerprint density at radius 2 is 1.89 bits per heavy atom. The van der Waals surface area contributed by atoms with Crippen LogP contribution in [0.5, 0.6) is 0 Å². The van der Waals surface area contributed by atoms with E-state index >= 15 is 0 Å². The maximum Gasteiger partial charge on any atom is 0.205 e. The first-order chi connectivity index (χ1) is 3.95. The zero-order chi connectivity index (χ0) is 7.49. The maximum absolute atomic E-state index is 4.59. The van der Waals surface area contributed by atoms with Crippen LogP contribution in [-0.4, -0.2) is 24.7 Å².